The van der Waals surface area contributed by atoms with Crippen LogP contribution in [0.3, 0.4) is 0 Å². The van der Waals surface area contributed by atoms with Crippen molar-refractivity contribution in [2.75, 3.05) is 13.2 Å². The highest BCUT2D eigenvalue weighted by Gasteiger charge is 2.27. The molecule has 20 heavy (non-hydrogen) atoms. The zero-order valence-electron chi connectivity index (χ0n) is 12.2. The smallest absolute Gasteiger partial charge is 0.351 e. The van der Waals surface area contributed by atoms with Gasteiger partial charge in [0.05, 0.1) is 0 Å². The van der Waals surface area contributed by atoms with E-state index in [1.54, 1.807) is 10.8 Å². The average molecular weight is 292 g/mol. The highest BCUT2D eigenvalue weighted by Crippen LogP contribution is 2.22. The average Bonchev–Trinajstić information content (AvgIpc) is 2.76. The Labute approximate surface area is 118 Å². The number of hydrogen-bond acceptors (Lipinski definition) is 2. The Morgan fingerprint density at radius 3 is 2.60 bits per heavy atom. The third-order valence-corrected chi connectivity index (χ3v) is 2.92. The molecule has 1 heterocycles. The summed E-state index contributed by atoms with van der Waals surface area (Å²) in [5.41, 5.74) is 1.07. The number of nitrogens with zero attached hydrogens (tertiary/aromatic N) is 1. The van der Waals surface area contributed by atoms with Crippen LogP contribution in [0.5, 0.6) is 0 Å². The Morgan fingerprint density at radius 2 is 2.05 bits per heavy atom. The van der Waals surface area contributed by atoms with Crippen LogP contribution in [-0.2, 0) is 11.5 Å². The van der Waals surface area contributed by atoms with E-state index in [1.807, 2.05) is 12.3 Å². The van der Waals surface area contributed by atoms with Crippen molar-refractivity contribution >= 4 is 0 Å². The van der Waals surface area contributed by atoms with Crippen molar-refractivity contribution in [3.63, 3.8) is 0 Å². The Balaban J connectivity index is 2.55. The van der Waals surface area contributed by atoms with Crippen molar-refractivity contribution in [3.8, 4) is 0 Å². The van der Waals surface area contributed by atoms with Gasteiger partial charge in [-0.15, -0.1) is 0 Å². The highest BCUT2D eigenvalue weighted by atomic mass is 19.4. The molecular weight excluding hydrogens is 269 g/mol. The quantitative estimate of drug-likeness (QED) is 0.790. The molecule has 0 fully saturated rings. The number of hydrogen-bond donors (Lipinski definition) is 1. The van der Waals surface area contributed by atoms with Crippen molar-refractivity contribution in [2.24, 2.45) is 5.92 Å². The monoisotopic (exact) mass is 292 g/mol. The zero-order valence-corrected chi connectivity index (χ0v) is 12.2. The molecule has 1 N–H and O–H groups in total. The number of rotatable bonds is 8. The van der Waals surface area contributed by atoms with Gasteiger partial charge in [0.25, 0.3) is 0 Å². The molecule has 1 aromatic rings. The maximum atomic E-state index is 12.0. The summed E-state index contributed by atoms with van der Waals surface area (Å²) in [5, 5.41) is 3.44. The van der Waals surface area contributed by atoms with E-state index in [2.05, 4.69) is 30.8 Å². The molecule has 0 aliphatic carbocycles. The Kier molecular flexibility index (Phi) is 6.55. The molecule has 0 amide bonds. The Morgan fingerprint density at radius 1 is 1.35 bits per heavy atom. The maximum absolute atomic E-state index is 12.0. The van der Waals surface area contributed by atoms with Crippen molar-refractivity contribution < 1.29 is 17.9 Å². The first kappa shape index (κ1) is 17.0. The maximum Gasteiger partial charge on any atom is 0.411 e. The van der Waals surface area contributed by atoms with E-state index in [4.69, 9.17) is 0 Å². The molecule has 0 saturated heterocycles. The molecule has 1 unspecified atom stereocenters. The standard InChI is InChI=1S/C14H23F3N2O/c1-4-6-18-13(11(2)3)12-5-7-19(8-12)10-20-9-14(15,16)17/h5,7-8,11,13,18H,4,6,9-10H2,1-3H3. The van der Waals surface area contributed by atoms with Crippen molar-refractivity contribution in [2.45, 2.75) is 46.1 Å². The topological polar surface area (TPSA) is 26.2 Å². The van der Waals surface area contributed by atoms with Gasteiger partial charge in [0.2, 0.25) is 0 Å². The van der Waals surface area contributed by atoms with Crippen LogP contribution >= 0.6 is 0 Å². The fourth-order valence-electron chi connectivity index (χ4n) is 2.03. The molecular formula is C14H23F3N2O. The summed E-state index contributed by atoms with van der Waals surface area (Å²) in [6.07, 6.45) is 0.343. The lowest BCUT2D eigenvalue weighted by Crippen LogP contribution is -2.26. The van der Waals surface area contributed by atoms with E-state index in [9.17, 15) is 13.2 Å². The van der Waals surface area contributed by atoms with Gasteiger partial charge in [-0.05, 0) is 30.5 Å². The normalized spacial score (nSPS) is 13.9. The molecule has 1 aromatic heterocycles. The molecule has 3 nitrogen and oxygen atoms in total. The highest BCUT2D eigenvalue weighted by molar-refractivity contribution is 5.16. The first-order valence-corrected chi connectivity index (χ1v) is 6.87. The lowest BCUT2D eigenvalue weighted by molar-refractivity contribution is -0.181. The van der Waals surface area contributed by atoms with Crippen LogP contribution in [0.4, 0.5) is 13.2 Å². The van der Waals surface area contributed by atoms with E-state index in [1.165, 1.54) is 0 Å². The molecule has 0 radical (unpaired) electrons. The van der Waals surface area contributed by atoms with Gasteiger partial charge >= 0.3 is 6.18 Å². The minimum Gasteiger partial charge on any atom is -0.351 e. The first-order chi connectivity index (χ1) is 9.33. The van der Waals surface area contributed by atoms with Crippen LogP contribution < -0.4 is 5.32 Å². The van der Waals surface area contributed by atoms with Gasteiger partial charge in [0, 0.05) is 18.4 Å². The third kappa shape index (κ3) is 5.96. The van der Waals surface area contributed by atoms with Crippen LogP contribution in [-0.4, -0.2) is 23.9 Å². The number of halogens is 3. The first-order valence-electron chi connectivity index (χ1n) is 6.87. The molecule has 1 rings (SSSR count). The van der Waals surface area contributed by atoms with Crippen LogP contribution in [0.2, 0.25) is 0 Å². The SMILES string of the molecule is CCCNC(c1ccn(COCC(F)(F)F)c1)C(C)C. The molecule has 0 aliphatic heterocycles. The number of ether oxygens (including phenoxy) is 1. The summed E-state index contributed by atoms with van der Waals surface area (Å²) in [7, 11) is 0. The van der Waals surface area contributed by atoms with E-state index in [0.29, 0.717) is 5.92 Å². The van der Waals surface area contributed by atoms with Gasteiger partial charge in [0.15, 0.2) is 0 Å². The lowest BCUT2D eigenvalue weighted by atomic mass is 9.98. The molecule has 0 aliphatic rings. The van der Waals surface area contributed by atoms with E-state index < -0.39 is 12.8 Å². The lowest BCUT2D eigenvalue weighted by Gasteiger charge is -2.21. The van der Waals surface area contributed by atoms with Crippen LogP contribution in [0.15, 0.2) is 18.5 Å². The predicted octanol–water partition coefficient (Wildman–Crippen LogP) is 3.72. The van der Waals surface area contributed by atoms with E-state index >= 15 is 0 Å². The molecule has 116 valence electrons. The Bertz CT molecular complexity index is 388. The molecule has 0 aromatic carbocycles. The van der Waals surface area contributed by atoms with Crippen LogP contribution in [0.1, 0.15) is 38.8 Å². The van der Waals surface area contributed by atoms with Gasteiger partial charge in [-0.2, -0.15) is 13.2 Å². The van der Waals surface area contributed by atoms with Gasteiger partial charge in [-0.3, -0.25) is 0 Å². The van der Waals surface area contributed by atoms with Gasteiger partial charge in [0.1, 0.15) is 13.3 Å². The summed E-state index contributed by atoms with van der Waals surface area (Å²) < 4.78 is 42.2. The fourth-order valence-corrected chi connectivity index (χ4v) is 2.03. The summed E-state index contributed by atoms with van der Waals surface area (Å²) >= 11 is 0. The largest absolute Gasteiger partial charge is 0.411 e. The van der Waals surface area contributed by atoms with Crippen LogP contribution in [0.25, 0.3) is 0 Å². The third-order valence-electron chi connectivity index (χ3n) is 2.92. The second kappa shape index (κ2) is 7.69. The Hall–Kier alpha value is -1.01. The number of aromatic nitrogens is 1. The summed E-state index contributed by atoms with van der Waals surface area (Å²) in [6, 6.07) is 2.13. The second-order valence-electron chi connectivity index (χ2n) is 5.23. The van der Waals surface area contributed by atoms with Crippen molar-refractivity contribution in [3.05, 3.63) is 24.0 Å². The minimum atomic E-state index is -4.28. The number of nitrogens with one attached hydrogen (secondary N) is 1. The molecule has 0 bridgehead atoms. The summed E-state index contributed by atoms with van der Waals surface area (Å²) in [5.74, 6) is 0.411. The minimum absolute atomic E-state index is 0.0852. The molecule has 0 spiro atoms. The van der Waals surface area contributed by atoms with E-state index in [0.717, 1.165) is 18.5 Å². The number of alkyl halides is 3. The second-order valence-corrected chi connectivity index (χ2v) is 5.23. The van der Waals surface area contributed by atoms with Gasteiger partial charge in [-0.1, -0.05) is 20.8 Å². The van der Waals surface area contributed by atoms with Gasteiger partial charge < -0.3 is 14.6 Å². The summed E-state index contributed by atoms with van der Waals surface area (Å²) in [4.78, 5) is 0. The zero-order chi connectivity index (χ0) is 15.2. The molecule has 1 atom stereocenters. The van der Waals surface area contributed by atoms with Crippen molar-refractivity contribution in [1.82, 2.24) is 9.88 Å². The van der Waals surface area contributed by atoms with Crippen LogP contribution in [0, 0.1) is 5.92 Å². The van der Waals surface area contributed by atoms with E-state index in [-0.39, 0.29) is 12.8 Å². The fraction of sp³-hybridized carbons (Fsp3) is 0.714. The predicted molar refractivity (Wildman–Crippen MR) is 72.3 cm³/mol. The van der Waals surface area contributed by atoms with Crippen molar-refractivity contribution in [1.29, 1.82) is 0 Å². The molecule has 6 heteroatoms. The van der Waals surface area contributed by atoms with Gasteiger partial charge in [-0.25, -0.2) is 0 Å². The summed E-state index contributed by atoms with van der Waals surface area (Å²) in [6.45, 7) is 5.94. The molecule has 0 saturated carbocycles.